The van der Waals surface area contributed by atoms with Crippen LogP contribution in [-0.4, -0.2) is 36.1 Å². The van der Waals surface area contributed by atoms with Crippen LogP contribution in [0.3, 0.4) is 0 Å². The topological polar surface area (TPSA) is 28.2 Å². The number of hydrogen-bond acceptors (Lipinski definition) is 4. The molecule has 2 aromatic rings. The highest BCUT2D eigenvalue weighted by Crippen LogP contribution is 2.30. The Morgan fingerprint density at radius 1 is 1.24 bits per heavy atom. The molecule has 4 heteroatoms. The van der Waals surface area contributed by atoms with Crippen LogP contribution in [0.5, 0.6) is 0 Å². The maximum Gasteiger partial charge on any atom is 0.0497 e. The van der Waals surface area contributed by atoms with E-state index in [1.165, 1.54) is 28.4 Å². The van der Waals surface area contributed by atoms with Crippen LogP contribution < -0.4 is 5.32 Å². The molecule has 3 rings (SSSR count). The van der Waals surface area contributed by atoms with Crippen LogP contribution in [-0.2, 0) is 6.42 Å². The lowest BCUT2D eigenvalue weighted by Gasteiger charge is -2.29. The molecular weight excluding hydrogens is 278 g/mol. The average Bonchev–Trinajstić information content (AvgIpc) is 2.77. The van der Waals surface area contributed by atoms with Crippen molar-refractivity contribution in [3.05, 3.63) is 52.0 Å². The number of aryl methyl sites for hydroxylation is 1. The summed E-state index contributed by atoms with van der Waals surface area (Å²) in [6.45, 7) is 6.70. The quantitative estimate of drug-likeness (QED) is 0.941. The van der Waals surface area contributed by atoms with Crippen LogP contribution in [0.4, 0.5) is 0 Å². The predicted octanol–water partition coefficient (Wildman–Crippen LogP) is 3.03. The molecule has 1 aliphatic rings. The van der Waals surface area contributed by atoms with Crippen molar-refractivity contribution in [1.82, 2.24) is 15.2 Å². The molecular formula is C17H23N3S. The first-order valence-corrected chi connectivity index (χ1v) is 8.55. The maximum absolute atomic E-state index is 4.53. The zero-order chi connectivity index (χ0) is 14.5. The van der Waals surface area contributed by atoms with E-state index in [0.717, 1.165) is 26.1 Å². The van der Waals surface area contributed by atoms with Crippen molar-refractivity contribution >= 4 is 11.3 Å². The van der Waals surface area contributed by atoms with Gasteiger partial charge in [0.2, 0.25) is 0 Å². The average molecular weight is 301 g/mol. The van der Waals surface area contributed by atoms with Crippen molar-refractivity contribution in [1.29, 1.82) is 0 Å². The van der Waals surface area contributed by atoms with Gasteiger partial charge in [0.25, 0.3) is 0 Å². The van der Waals surface area contributed by atoms with E-state index in [2.05, 4.69) is 46.4 Å². The molecule has 1 aliphatic heterocycles. The van der Waals surface area contributed by atoms with E-state index in [-0.39, 0.29) is 0 Å². The second-order valence-electron chi connectivity index (χ2n) is 5.63. The fraction of sp³-hybridized carbons (Fsp3) is 0.471. The largest absolute Gasteiger partial charge is 0.315 e. The summed E-state index contributed by atoms with van der Waals surface area (Å²) in [5.74, 6) is 0. The number of rotatable bonds is 4. The molecule has 0 radical (unpaired) electrons. The van der Waals surface area contributed by atoms with Gasteiger partial charge >= 0.3 is 0 Å². The summed E-state index contributed by atoms with van der Waals surface area (Å²) in [5.41, 5.74) is 1.19. The summed E-state index contributed by atoms with van der Waals surface area (Å²) in [5, 5.41) is 3.50. The molecule has 1 saturated heterocycles. The third-order valence-corrected chi connectivity index (χ3v) is 5.14. The molecule has 3 heterocycles. The third-order valence-electron chi connectivity index (χ3n) is 4.03. The van der Waals surface area contributed by atoms with Crippen LogP contribution >= 0.6 is 11.3 Å². The number of thiophene rings is 1. The lowest BCUT2D eigenvalue weighted by molar-refractivity contribution is 0.211. The predicted molar refractivity (Wildman–Crippen MR) is 88.8 cm³/mol. The smallest absolute Gasteiger partial charge is 0.0497 e. The van der Waals surface area contributed by atoms with Crippen molar-refractivity contribution in [2.24, 2.45) is 0 Å². The highest BCUT2D eigenvalue weighted by Gasteiger charge is 2.23. The molecule has 1 fully saturated rings. The molecule has 1 atom stereocenters. The van der Waals surface area contributed by atoms with Crippen molar-refractivity contribution in [3.63, 3.8) is 0 Å². The van der Waals surface area contributed by atoms with E-state index < -0.39 is 0 Å². The normalized spacial score (nSPS) is 18.3. The Bertz CT molecular complexity index is 544. The molecule has 0 aromatic carbocycles. The van der Waals surface area contributed by atoms with E-state index >= 15 is 0 Å². The van der Waals surface area contributed by atoms with Gasteiger partial charge in [0.15, 0.2) is 0 Å². The molecule has 112 valence electrons. The standard InChI is InChI=1S/C17H23N3S/c1-14-6-7-17(21-14)16(13-15-5-2-3-9-19-15)20-11-4-8-18-10-12-20/h2-3,5-7,9,16,18H,4,8,10-13H2,1H3. The van der Waals surface area contributed by atoms with Crippen molar-refractivity contribution < 1.29 is 0 Å². The van der Waals surface area contributed by atoms with E-state index in [1.54, 1.807) is 0 Å². The zero-order valence-corrected chi connectivity index (χ0v) is 13.4. The van der Waals surface area contributed by atoms with Gasteiger partial charge in [-0.15, -0.1) is 11.3 Å². The van der Waals surface area contributed by atoms with E-state index in [1.807, 2.05) is 23.6 Å². The van der Waals surface area contributed by atoms with Crippen LogP contribution in [0.1, 0.15) is 27.9 Å². The first-order chi connectivity index (χ1) is 10.3. The molecule has 2 aromatic heterocycles. The van der Waals surface area contributed by atoms with Gasteiger partial charge < -0.3 is 5.32 Å². The highest BCUT2D eigenvalue weighted by atomic mass is 32.1. The Labute approximate surface area is 131 Å². The lowest BCUT2D eigenvalue weighted by Crippen LogP contribution is -2.33. The van der Waals surface area contributed by atoms with Crippen LogP contribution in [0.2, 0.25) is 0 Å². The van der Waals surface area contributed by atoms with Gasteiger partial charge in [-0.05, 0) is 44.2 Å². The summed E-state index contributed by atoms with van der Waals surface area (Å²) in [6, 6.07) is 11.2. The second kappa shape index (κ2) is 7.16. The molecule has 1 N–H and O–H groups in total. The Morgan fingerprint density at radius 3 is 2.95 bits per heavy atom. The monoisotopic (exact) mass is 301 g/mol. The molecule has 0 saturated carbocycles. The van der Waals surface area contributed by atoms with Gasteiger partial charge in [-0.1, -0.05) is 6.07 Å². The van der Waals surface area contributed by atoms with Gasteiger partial charge in [0.05, 0.1) is 0 Å². The Balaban J connectivity index is 1.83. The first kappa shape index (κ1) is 14.7. The van der Waals surface area contributed by atoms with E-state index in [0.29, 0.717) is 6.04 Å². The molecule has 1 unspecified atom stereocenters. The summed E-state index contributed by atoms with van der Waals surface area (Å²) in [6.07, 6.45) is 4.12. The summed E-state index contributed by atoms with van der Waals surface area (Å²) in [4.78, 5) is 10.0. The summed E-state index contributed by atoms with van der Waals surface area (Å²) < 4.78 is 0. The first-order valence-electron chi connectivity index (χ1n) is 7.74. The summed E-state index contributed by atoms with van der Waals surface area (Å²) in [7, 11) is 0. The lowest BCUT2D eigenvalue weighted by atomic mass is 10.1. The SMILES string of the molecule is Cc1ccc(C(Cc2ccccn2)N2CCCNCC2)s1. The Kier molecular flexibility index (Phi) is 5.01. The molecule has 3 nitrogen and oxygen atoms in total. The zero-order valence-electron chi connectivity index (χ0n) is 12.6. The number of nitrogens with zero attached hydrogens (tertiary/aromatic N) is 2. The number of hydrogen-bond donors (Lipinski definition) is 1. The molecule has 0 aliphatic carbocycles. The Morgan fingerprint density at radius 2 is 2.19 bits per heavy atom. The number of aromatic nitrogens is 1. The van der Waals surface area contributed by atoms with Crippen LogP contribution in [0, 0.1) is 6.92 Å². The van der Waals surface area contributed by atoms with Crippen molar-refractivity contribution in [3.8, 4) is 0 Å². The minimum atomic E-state index is 0.457. The van der Waals surface area contributed by atoms with Gasteiger partial charge in [0, 0.05) is 53.7 Å². The number of pyridine rings is 1. The van der Waals surface area contributed by atoms with E-state index in [4.69, 9.17) is 0 Å². The molecule has 0 bridgehead atoms. The second-order valence-corrected chi connectivity index (χ2v) is 6.95. The molecule has 21 heavy (non-hydrogen) atoms. The molecule has 0 spiro atoms. The highest BCUT2D eigenvalue weighted by molar-refractivity contribution is 7.12. The van der Waals surface area contributed by atoms with E-state index in [9.17, 15) is 0 Å². The van der Waals surface area contributed by atoms with Crippen LogP contribution in [0.15, 0.2) is 36.5 Å². The minimum absolute atomic E-state index is 0.457. The van der Waals surface area contributed by atoms with Crippen LogP contribution in [0.25, 0.3) is 0 Å². The molecule has 0 amide bonds. The van der Waals surface area contributed by atoms with Crippen molar-refractivity contribution in [2.45, 2.75) is 25.8 Å². The van der Waals surface area contributed by atoms with Crippen molar-refractivity contribution in [2.75, 3.05) is 26.2 Å². The minimum Gasteiger partial charge on any atom is -0.315 e. The van der Waals surface area contributed by atoms with Gasteiger partial charge in [-0.2, -0.15) is 0 Å². The fourth-order valence-corrected chi connectivity index (χ4v) is 3.95. The Hall–Kier alpha value is -1.23. The summed E-state index contributed by atoms with van der Waals surface area (Å²) >= 11 is 1.93. The fourth-order valence-electron chi connectivity index (χ4n) is 2.94. The maximum atomic E-state index is 4.53. The third kappa shape index (κ3) is 3.90. The number of nitrogens with one attached hydrogen (secondary N) is 1. The van der Waals surface area contributed by atoms with Gasteiger partial charge in [-0.25, -0.2) is 0 Å². The van der Waals surface area contributed by atoms with Gasteiger partial charge in [-0.3, -0.25) is 9.88 Å². The van der Waals surface area contributed by atoms with Gasteiger partial charge in [0.1, 0.15) is 0 Å².